The predicted octanol–water partition coefficient (Wildman–Crippen LogP) is 0.806. The van der Waals surface area contributed by atoms with Crippen molar-refractivity contribution in [3.63, 3.8) is 0 Å². The highest BCUT2D eigenvalue weighted by atomic mass is 16.5. The number of hydrogen-bond acceptors (Lipinski definition) is 3. The first-order valence-electron chi connectivity index (χ1n) is 4.91. The van der Waals surface area contributed by atoms with E-state index in [4.69, 9.17) is 0 Å². The van der Waals surface area contributed by atoms with Gasteiger partial charge in [0.25, 0.3) is 0 Å². The Bertz CT molecular complexity index is 240. The topological polar surface area (TPSA) is 46.6 Å². The molecule has 1 unspecified atom stereocenters. The molecule has 0 aromatic heterocycles. The predicted molar refractivity (Wildman–Crippen MR) is 51.6 cm³/mol. The molecular formula is C10H17NO3. The largest absolute Gasteiger partial charge is 0.469 e. The van der Waals surface area contributed by atoms with E-state index in [1.54, 1.807) is 4.90 Å². The number of carbonyl (C=O) groups excluding carboxylic acids is 2. The summed E-state index contributed by atoms with van der Waals surface area (Å²) in [6.45, 7) is 4.05. The molecule has 0 N–H and O–H groups in total. The van der Waals surface area contributed by atoms with E-state index in [9.17, 15) is 9.59 Å². The van der Waals surface area contributed by atoms with E-state index in [2.05, 4.69) is 4.74 Å². The highest BCUT2D eigenvalue weighted by Gasteiger charge is 2.31. The molecule has 0 bridgehead atoms. The minimum atomic E-state index is -0.205. The van der Waals surface area contributed by atoms with Crippen LogP contribution >= 0.6 is 0 Å². The van der Waals surface area contributed by atoms with Gasteiger partial charge in [0.05, 0.1) is 13.0 Å². The van der Waals surface area contributed by atoms with Crippen LogP contribution < -0.4 is 0 Å². The SMILES string of the molecule is COC(=O)[C@H]1CCC(C)N(C(C)=O)C1. The summed E-state index contributed by atoms with van der Waals surface area (Å²) in [5, 5.41) is 0. The van der Waals surface area contributed by atoms with Gasteiger partial charge in [0.1, 0.15) is 0 Å². The zero-order chi connectivity index (χ0) is 10.7. The Hall–Kier alpha value is -1.06. The highest BCUT2D eigenvalue weighted by molar-refractivity contribution is 5.77. The molecular weight excluding hydrogens is 182 g/mol. The van der Waals surface area contributed by atoms with Crippen molar-refractivity contribution in [3.05, 3.63) is 0 Å². The van der Waals surface area contributed by atoms with Crippen molar-refractivity contribution < 1.29 is 14.3 Å². The average molecular weight is 199 g/mol. The first-order chi connectivity index (χ1) is 6.56. The van der Waals surface area contributed by atoms with E-state index < -0.39 is 0 Å². The third kappa shape index (κ3) is 2.25. The van der Waals surface area contributed by atoms with Gasteiger partial charge < -0.3 is 9.64 Å². The van der Waals surface area contributed by atoms with Crippen molar-refractivity contribution in [2.45, 2.75) is 32.7 Å². The van der Waals surface area contributed by atoms with Crippen molar-refractivity contribution in [2.24, 2.45) is 5.92 Å². The number of nitrogens with zero attached hydrogens (tertiary/aromatic N) is 1. The molecule has 4 nitrogen and oxygen atoms in total. The molecule has 0 aromatic carbocycles. The van der Waals surface area contributed by atoms with Crippen molar-refractivity contribution in [1.29, 1.82) is 0 Å². The zero-order valence-electron chi connectivity index (χ0n) is 8.95. The number of rotatable bonds is 1. The van der Waals surface area contributed by atoms with Gasteiger partial charge in [-0.3, -0.25) is 9.59 Å². The molecule has 4 heteroatoms. The second-order valence-corrected chi connectivity index (χ2v) is 3.82. The molecule has 1 heterocycles. The lowest BCUT2D eigenvalue weighted by Crippen LogP contribution is -2.46. The fraction of sp³-hybridized carbons (Fsp3) is 0.800. The van der Waals surface area contributed by atoms with Crippen LogP contribution in [0.2, 0.25) is 0 Å². The number of esters is 1. The molecule has 0 saturated carbocycles. The molecule has 1 aliphatic rings. The summed E-state index contributed by atoms with van der Waals surface area (Å²) in [6.07, 6.45) is 1.69. The van der Waals surface area contributed by atoms with E-state index in [0.29, 0.717) is 6.54 Å². The third-order valence-corrected chi connectivity index (χ3v) is 2.82. The van der Waals surface area contributed by atoms with Crippen LogP contribution in [-0.2, 0) is 14.3 Å². The quantitative estimate of drug-likeness (QED) is 0.587. The Morgan fingerprint density at radius 1 is 1.36 bits per heavy atom. The molecule has 1 aliphatic heterocycles. The van der Waals surface area contributed by atoms with Gasteiger partial charge in [0, 0.05) is 19.5 Å². The fourth-order valence-electron chi connectivity index (χ4n) is 1.90. The van der Waals surface area contributed by atoms with Gasteiger partial charge in [-0.1, -0.05) is 0 Å². The molecule has 0 spiro atoms. The second kappa shape index (κ2) is 4.44. The third-order valence-electron chi connectivity index (χ3n) is 2.82. The van der Waals surface area contributed by atoms with Gasteiger partial charge in [-0.15, -0.1) is 0 Å². The number of ether oxygens (including phenoxy) is 1. The Kier molecular flexibility index (Phi) is 3.49. The second-order valence-electron chi connectivity index (χ2n) is 3.82. The monoisotopic (exact) mass is 199 g/mol. The van der Waals surface area contributed by atoms with Crippen molar-refractivity contribution in [1.82, 2.24) is 4.90 Å². The van der Waals surface area contributed by atoms with Gasteiger partial charge >= 0.3 is 5.97 Å². The van der Waals surface area contributed by atoms with Crippen molar-refractivity contribution in [2.75, 3.05) is 13.7 Å². The molecule has 1 saturated heterocycles. The van der Waals surface area contributed by atoms with Crippen LogP contribution in [0.4, 0.5) is 0 Å². The first kappa shape index (κ1) is 11.0. The summed E-state index contributed by atoms with van der Waals surface area (Å²) in [5.41, 5.74) is 0. The maximum absolute atomic E-state index is 11.3. The smallest absolute Gasteiger partial charge is 0.310 e. The van der Waals surface area contributed by atoms with E-state index in [1.807, 2.05) is 6.92 Å². The Labute approximate surface area is 84.2 Å². The highest BCUT2D eigenvalue weighted by Crippen LogP contribution is 2.22. The van der Waals surface area contributed by atoms with Crippen LogP contribution in [0.5, 0.6) is 0 Å². The summed E-state index contributed by atoms with van der Waals surface area (Å²) >= 11 is 0. The zero-order valence-corrected chi connectivity index (χ0v) is 8.95. The molecule has 1 rings (SSSR count). The molecule has 2 atom stereocenters. The van der Waals surface area contributed by atoms with Crippen LogP contribution in [0.1, 0.15) is 26.7 Å². The summed E-state index contributed by atoms with van der Waals surface area (Å²) < 4.78 is 4.68. The maximum Gasteiger partial charge on any atom is 0.310 e. The van der Waals surface area contributed by atoms with Crippen molar-refractivity contribution >= 4 is 11.9 Å². The van der Waals surface area contributed by atoms with Gasteiger partial charge in [0.2, 0.25) is 5.91 Å². The van der Waals surface area contributed by atoms with Gasteiger partial charge in [0.15, 0.2) is 0 Å². The molecule has 1 amide bonds. The number of methoxy groups -OCH3 is 1. The van der Waals surface area contributed by atoms with E-state index >= 15 is 0 Å². The fourth-order valence-corrected chi connectivity index (χ4v) is 1.90. The Morgan fingerprint density at radius 3 is 2.50 bits per heavy atom. The lowest BCUT2D eigenvalue weighted by molar-refractivity contribution is -0.149. The van der Waals surface area contributed by atoms with Crippen molar-refractivity contribution in [3.8, 4) is 0 Å². The number of piperidine rings is 1. The van der Waals surface area contributed by atoms with E-state index in [1.165, 1.54) is 14.0 Å². The maximum atomic E-state index is 11.3. The minimum Gasteiger partial charge on any atom is -0.469 e. The first-order valence-corrected chi connectivity index (χ1v) is 4.91. The normalized spacial score (nSPS) is 27.2. The number of amides is 1. The van der Waals surface area contributed by atoms with Crippen LogP contribution in [-0.4, -0.2) is 36.5 Å². The average Bonchev–Trinajstić information content (AvgIpc) is 2.17. The summed E-state index contributed by atoms with van der Waals surface area (Å²) in [4.78, 5) is 24.3. The Balaban J connectivity index is 2.62. The number of carbonyl (C=O) groups is 2. The number of hydrogen-bond donors (Lipinski definition) is 0. The molecule has 14 heavy (non-hydrogen) atoms. The van der Waals surface area contributed by atoms with E-state index in [-0.39, 0.29) is 23.8 Å². The van der Waals surface area contributed by atoms with Crippen LogP contribution in [0.15, 0.2) is 0 Å². The summed E-state index contributed by atoms with van der Waals surface area (Å²) in [7, 11) is 1.39. The molecule has 1 fully saturated rings. The van der Waals surface area contributed by atoms with Gasteiger partial charge in [-0.25, -0.2) is 0 Å². The molecule has 0 aliphatic carbocycles. The van der Waals surface area contributed by atoms with Gasteiger partial charge in [-0.2, -0.15) is 0 Å². The molecule has 0 radical (unpaired) electrons. The van der Waals surface area contributed by atoms with Gasteiger partial charge in [-0.05, 0) is 19.8 Å². The minimum absolute atomic E-state index is 0.0334. The standard InChI is InChI=1S/C10H17NO3/c1-7-4-5-9(10(13)14-3)6-11(7)8(2)12/h7,9H,4-6H2,1-3H3/t7?,9-/m0/s1. The lowest BCUT2D eigenvalue weighted by atomic mass is 9.93. The molecule has 0 aromatic rings. The van der Waals surface area contributed by atoms with Crippen LogP contribution in [0.25, 0.3) is 0 Å². The lowest BCUT2D eigenvalue weighted by Gasteiger charge is -2.36. The van der Waals surface area contributed by atoms with Crippen LogP contribution in [0, 0.1) is 5.92 Å². The van der Waals surface area contributed by atoms with E-state index in [0.717, 1.165) is 12.8 Å². The summed E-state index contributed by atoms with van der Waals surface area (Å²) in [5.74, 6) is -0.311. The molecule has 80 valence electrons. The summed E-state index contributed by atoms with van der Waals surface area (Å²) in [6, 6.07) is 0.244. The number of likely N-dealkylation sites (tertiary alicyclic amines) is 1. The van der Waals surface area contributed by atoms with Crippen LogP contribution in [0.3, 0.4) is 0 Å². The Morgan fingerprint density at radius 2 is 2.00 bits per heavy atom.